The molecule has 0 saturated carbocycles. The van der Waals surface area contributed by atoms with Crippen molar-refractivity contribution in [3.8, 4) is 0 Å². The highest BCUT2D eigenvalue weighted by Gasteiger charge is 2.14. The molecule has 0 aromatic carbocycles. The van der Waals surface area contributed by atoms with Crippen molar-refractivity contribution in [2.75, 3.05) is 0 Å². The summed E-state index contributed by atoms with van der Waals surface area (Å²) in [6.07, 6.45) is 28.8. The Morgan fingerprint density at radius 2 is 1.00 bits per heavy atom. The maximum atomic E-state index is 2.48. The molecule has 0 radical (unpaired) electrons. The Morgan fingerprint density at radius 1 is 0.560 bits per heavy atom. The number of hydrogen-bond donors (Lipinski definition) is 0. The zero-order valence-corrected chi connectivity index (χ0v) is 18.3. The van der Waals surface area contributed by atoms with E-state index >= 15 is 0 Å². The minimum absolute atomic E-state index is 0.921. The van der Waals surface area contributed by atoms with Gasteiger partial charge in [0, 0.05) is 0 Å². The van der Waals surface area contributed by atoms with E-state index in [-0.39, 0.29) is 0 Å². The molecule has 0 aliphatic carbocycles. The predicted octanol–water partition coefficient (Wildman–Crippen LogP) is 9.49. The molecule has 0 bridgehead atoms. The van der Waals surface area contributed by atoms with Crippen LogP contribution >= 0.6 is 0 Å². The van der Waals surface area contributed by atoms with Crippen LogP contribution in [0.5, 0.6) is 0 Å². The summed E-state index contributed by atoms with van der Waals surface area (Å²) in [4.78, 5) is 0. The van der Waals surface area contributed by atoms with Crippen LogP contribution in [-0.2, 0) is 0 Å². The fourth-order valence-corrected chi connectivity index (χ4v) is 3.83. The average Bonchev–Trinajstić information content (AvgIpc) is 2.63. The summed E-state index contributed by atoms with van der Waals surface area (Å²) in [5.74, 6) is 1.90. The second kappa shape index (κ2) is 20.1. The molecule has 0 heterocycles. The van der Waals surface area contributed by atoms with E-state index < -0.39 is 0 Å². The molecular formula is C25H50. The van der Waals surface area contributed by atoms with Gasteiger partial charge in [0.25, 0.3) is 0 Å². The Kier molecular flexibility index (Phi) is 19.8. The minimum atomic E-state index is 0.921. The fraction of sp³-hybridized carbons (Fsp3) is 0.920. The summed E-state index contributed by atoms with van der Waals surface area (Å²) in [7, 11) is 0. The Hall–Kier alpha value is -0.260. The molecule has 150 valence electrons. The van der Waals surface area contributed by atoms with Crippen molar-refractivity contribution in [3.63, 3.8) is 0 Å². The third kappa shape index (κ3) is 16.9. The summed E-state index contributed by atoms with van der Waals surface area (Å²) in [5, 5.41) is 0. The van der Waals surface area contributed by atoms with Gasteiger partial charge in [-0.1, -0.05) is 123 Å². The van der Waals surface area contributed by atoms with E-state index in [1.165, 1.54) is 109 Å². The molecule has 0 N–H and O–H groups in total. The summed E-state index contributed by atoms with van der Waals surface area (Å²) >= 11 is 0. The minimum Gasteiger partial charge on any atom is -0.0885 e. The average molecular weight is 351 g/mol. The van der Waals surface area contributed by atoms with Gasteiger partial charge in [0.15, 0.2) is 0 Å². The molecule has 2 atom stereocenters. The van der Waals surface area contributed by atoms with Crippen molar-refractivity contribution in [2.45, 2.75) is 137 Å². The van der Waals surface area contributed by atoms with Gasteiger partial charge in [-0.15, -0.1) is 0 Å². The lowest BCUT2D eigenvalue weighted by atomic mass is 9.83. The van der Waals surface area contributed by atoms with Gasteiger partial charge in [-0.2, -0.15) is 0 Å². The van der Waals surface area contributed by atoms with Crippen LogP contribution < -0.4 is 0 Å². The lowest BCUT2D eigenvalue weighted by Crippen LogP contribution is -2.11. The zero-order chi connectivity index (χ0) is 18.6. The molecule has 0 aliphatic heterocycles. The van der Waals surface area contributed by atoms with Crippen molar-refractivity contribution in [2.24, 2.45) is 11.8 Å². The third-order valence-corrected chi connectivity index (χ3v) is 5.96. The molecule has 0 aliphatic rings. The Labute approximate surface area is 161 Å². The van der Waals surface area contributed by atoms with E-state index in [0.717, 1.165) is 11.8 Å². The highest BCUT2D eigenvalue weighted by molar-refractivity contribution is 4.81. The molecule has 0 aromatic heterocycles. The molecule has 0 heteroatoms. The molecular weight excluding hydrogens is 300 g/mol. The normalized spacial score (nSPS) is 14.2. The van der Waals surface area contributed by atoms with Gasteiger partial charge in [-0.25, -0.2) is 0 Å². The van der Waals surface area contributed by atoms with Crippen molar-refractivity contribution in [1.29, 1.82) is 0 Å². The van der Waals surface area contributed by atoms with E-state index in [1.807, 2.05) is 0 Å². The second-order valence-corrected chi connectivity index (χ2v) is 8.31. The smallest absolute Gasteiger partial charge is 0.0351 e. The molecule has 25 heavy (non-hydrogen) atoms. The molecule has 2 unspecified atom stereocenters. The van der Waals surface area contributed by atoms with Crippen molar-refractivity contribution in [1.82, 2.24) is 0 Å². The summed E-state index contributed by atoms with van der Waals surface area (Å²) < 4.78 is 0. The number of hydrogen-bond acceptors (Lipinski definition) is 0. The number of rotatable bonds is 19. The van der Waals surface area contributed by atoms with E-state index in [2.05, 4.69) is 39.8 Å². The van der Waals surface area contributed by atoms with Crippen LogP contribution in [-0.4, -0.2) is 0 Å². The Balaban J connectivity index is 3.61. The first-order valence-corrected chi connectivity index (χ1v) is 11.9. The van der Waals surface area contributed by atoms with Crippen LogP contribution in [0.25, 0.3) is 0 Å². The molecule has 0 rings (SSSR count). The van der Waals surface area contributed by atoms with Crippen LogP contribution in [0.1, 0.15) is 137 Å². The topological polar surface area (TPSA) is 0 Å². The zero-order valence-electron chi connectivity index (χ0n) is 18.3. The Morgan fingerprint density at radius 3 is 1.56 bits per heavy atom. The van der Waals surface area contributed by atoms with E-state index in [1.54, 1.807) is 0 Å². The van der Waals surface area contributed by atoms with Crippen LogP contribution in [0.3, 0.4) is 0 Å². The molecule has 0 aromatic rings. The molecule has 0 amide bonds. The monoisotopic (exact) mass is 350 g/mol. The van der Waals surface area contributed by atoms with E-state index in [4.69, 9.17) is 0 Å². The van der Waals surface area contributed by atoms with Gasteiger partial charge in [-0.05, 0) is 37.5 Å². The first kappa shape index (κ1) is 24.7. The highest BCUT2D eigenvalue weighted by Crippen LogP contribution is 2.27. The highest BCUT2D eigenvalue weighted by atomic mass is 14.2. The third-order valence-electron chi connectivity index (χ3n) is 5.96. The quantitative estimate of drug-likeness (QED) is 0.161. The second-order valence-electron chi connectivity index (χ2n) is 8.31. The van der Waals surface area contributed by atoms with Gasteiger partial charge in [0.05, 0.1) is 0 Å². The van der Waals surface area contributed by atoms with Gasteiger partial charge in [0.1, 0.15) is 0 Å². The predicted molar refractivity (Wildman–Crippen MR) is 117 cm³/mol. The molecule has 0 nitrogen and oxygen atoms in total. The van der Waals surface area contributed by atoms with Crippen molar-refractivity contribution in [3.05, 3.63) is 12.2 Å². The van der Waals surface area contributed by atoms with Gasteiger partial charge in [-0.3, -0.25) is 0 Å². The first-order chi connectivity index (χ1) is 12.3. The largest absolute Gasteiger partial charge is 0.0885 e. The Bertz CT molecular complexity index is 265. The SMILES string of the molecule is CCCCCCCC/C=C/CCCCC(CCCCCC)C(C)CC. The maximum absolute atomic E-state index is 2.48. The number of unbranched alkanes of at least 4 members (excludes halogenated alkanes) is 11. The first-order valence-electron chi connectivity index (χ1n) is 11.9. The summed E-state index contributed by atoms with van der Waals surface area (Å²) in [6, 6.07) is 0. The van der Waals surface area contributed by atoms with Crippen LogP contribution in [0, 0.1) is 11.8 Å². The lowest BCUT2D eigenvalue weighted by molar-refractivity contribution is 0.290. The molecule has 0 saturated heterocycles. The van der Waals surface area contributed by atoms with Crippen LogP contribution in [0.15, 0.2) is 12.2 Å². The standard InChI is InChI=1S/C25H50/c1-5-8-10-12-13-14-15-16-17-18-19-21-23-25(24(4)7-3)22-20-11-9-6-2/h16-17,24-25H,5-15,18-23H2,1-4H3/b17-16+. The van der Waals surface area contributed by atoms with Crippen LogP contribution in [0.4, 0.5) is 0 Å². The van der Waals surface area contributed by atoms with Crippen LogP contribution in [0.2, 0.25) is 0 Å². The van der Waals surface area contributed by atoms with Gasteiger partial charge < -0.3 is 0 Å². The molecule has 0 spiro atoms. The fourth-order valence-electron chi connectivity index (χ4n) is 3.83. The van der Waals surface area contributed by atoms with Gasteiger partial charge >= 0.3 is 0 Å². The lowest BCUT2D eigenvalue weighted by Gasteiger charge is -2.23. The summed E-state index contributed by atoms with van der Waals surface area (Å²) in [5.41, 5.74) is 0. The molecule has 0 fully saturated rings. The van der Waals surface area contributed by atoms with Gasteiger partial charge in [0.2, 0.25) is 0 Å². The van der Waals surface area contributed by atoms with E-state index in [9.17, 15) is 0 Å². The van der Waals surface area contributed by atoms with E-state index in [0.29, 0.717) is 0 Å². The van der Waals surface area contributed by atoms with Crippen molar-refractivity contribution < 1.29 is 0 Å². The summed E-state index contributed by atoms with van der Waals surface area (Å²) in [6.45, 7) is 9.45. The van der Waals surface area contributed by atoms with Crippen molar-refractivity contribution >= 4 is 0 Å². The number of allylic oxidation sites excluding steroid dienone is 2. The maximum Gasteiger partial charge on any atom is -0.0351 e.